The predicted molar refractivity (Wildman–Crippen MR) is 43.7 cm³/mol. The van der Waals surface area contributed by atoms with Crippen molar-refractivity contribution in [3.63, 3.8) is 0 Å². The Kier molecular flexibility index (Phi) is 1.23. The van der Waals surface area contributed by atoms with Gasteiger partial charge in [-0.2, -0.15) is 0 Å². The maximum absolute atomic E-state index is 2.35. The molecule has 0 heterocycles. The first-order valence-corrected chi connectivity index (χ1v) is 4.18. The normalized spacial score (nSPS) is 37.4. The van der Waals surface area contributed by atoms with Gasteiger partial charge in [-0.05, 0) is 30.3 Å². The van der Waals surface area contributed by atoms with Crippen LogP contribution in [0, 0.1) is 11.8 Å². The summed E-state index contributed by atoms with van der Waals surface area (Å²) in [5.74, 6) is 1.70. The van der Waals surface area contributed by atoms with E-state index in [9.17, 15) is 0 Å². The summed E-state index contributed by atoms with van der Waals surface area (Å²) in [6, 6.07) is 0. The fourth-order valence-electron chi connectivity index (χ4n) is 2.30. The maximum Gasteiger partial charge on any atom is -0.0127 e. The molecule has 0 heteroatoms. The van der Waals surface area contributed by atoms with Gasteiger partial charge < -0.3 is 0 Å². The Labute approximate surface area is 62.6 Å². The first-order chi connectivity index (χ1) is 4.79. The molecule has 0 saturated heterocycles. The zero-order valence-electron chi connectivity index (χ0n) is 6.72. The van der Waals surface area contributed by atoms with Gasteiger partial charge in [-0.15, -0.1) is 0 Å². The van der Waals surface area contributed by atoms with E-state index in [0.29, 0.717) is 0 Å². The van der Waals surface area contributed by atoms with Crippen LogP contribution in [0.25, 0.3) is 0 Å². The van der Waals surface area contributed by atoms with Crippen molar-refractivity contribution >= 4 is 0 Å². The van der Waals surface area contributed by atoms with Crippen molar-refractivity contribution in [3.8, 4) is 0 Å². The van der Waals surface area contributed by atoms with Crippen LogP contribution >= 0.6 is 0 Å². The van der Waals surface area contributed by atoms with Crippen molar-refractivity contribution in [2.75, 3.05) is 0 Å². The standard InChI is InChI=1S/C10H14/c1-7-6-8(2)10-5-3-4-9(7)10/h3-4,7-8H,5-6H2,1-2H3. The van der Waals surface area contributed by atoms with E-state index in [4.69, 9.17) is 0 Å². The quantitative estimate of drug-likeness (QED) is 0.478. The van der Waals surface area contributed by atoms with Crippen molar-refractivity contribution in [2.45, 2.75) is 26.7 Å². The highest BCUT2D eigenvalue weighted by atomic mass is 14.3. The smallest absolute Gasteiger partial charge is 0.0127 e. The Morgan fingerprint density at radius 2 is 2.10 bits per heavy atom. The second-order valence-corrected chi connectivity index (χ2v) is 3.62. The van der Waals surface area contributed by atoms with E-state index >= 15 is 0 Å². The van der Waals surface area contributed by atoms with Crippen molar-refractivity contribution < 1.29 is 0 Å². The largest absolute Gasteiger partial charge is 0.0802 e. The van der Waals surface area contributed by atoms with Crippen LogP contribution in [-0.4, -0.2) is 0 Å². The minimum Gasteiger partial charge on any atom is -0.0802 e. The second kappa shape index (κ2) is 1.98. The van der Waals surface area contributed by atoms with Crippen LogP contribution in [0.15, 0.2) is 23.3 Å². The number of allylic oxidation sites excluding steroid dienone is 4. The lowest BCUT2D eigenvalue weighted by molar-refractivity contribution is 0.564. The fraction of sp³-hybridized carbons (Fsp3) is 0.600. The number of rotatable bonds is 0. The van der Waals surface area contributed by atoms with Crippen LogP contribution in [0.2, 0.25) is 0 Å². The van der Waals surface area contributed by atoms with E-state index in [1.165, 1.54) is 12.8 Å². The van der Waals surface area contributed by atoms with Crippen molar-refractivity contribution in [1.29, 1.82) is 0 Å². The highest BCUT2D eigenvalue weighted by Gasteiger charge is 2.27. The summed E-state index contributed by atoms with van der Waals surface area (Å²) in [7, 11) is 0. The molecule has 2 rings (SSSR count). The summed E-state index contributed by atoms with van der Waals surface area (Å²) < 4.78 is 0. The zero-order chi connectivity index (χ0) is 7.14. The van der Waals surface area contributed by atoms with Crippen LogP contribution in [-0.2, 0) is 0 Å². The Balaban J connectivity index is 2.34. The molecule has 0 aromatic heterocycles. The van der Waals surface area contributed by atoms with Gasteiger partial charge in [0.1, 0.15) is 0 Å². The van der Waals surface area contributed by atoms with E-state index in [-0.39, 0.29) is 0 Å². The Hall–Kier alpha value is -0.520. The lowest BCUT2D eigenvalue weighted by atomic mass is 10.0. The summed E-state index contributed by atoms with van der Waals surface area (Å²) in [4.78, 5) is 0. The number of hydrogen-bond donors (Lipinski definition) is 0. The monoisotopic (exact) mass is 134 g/mol. The van der Waals surface area contributed by atoms with Crippen LogP contribution in [0.4, 0.5) is 0 Å². The molecule has 54 valence electrons. The Bertz CT molecular complexity index is 208. The molecule has 0 fully saturated rings. The average molecular weight is 134 g/mol. The van der Waals surface area contributed by atoms with Crippen molar-refractivity contribution in [3.05, 3.63) is 23.3 Å². The molecule has 2 unspecified atom stereocenters. The van der Waals surface area contributed by atoms with Gasteiger partial charge in [0.15, 0.2) is 0 Å². The van der Waals surface area contributed by atoms with Gasteiger partial charge in [-0.1, -0.05) is 31.6 Å². The molecule has 2 aliphatic carbocycles. The first-order valence-electron chi connectivity index (χ1n) is 4.18. The van der Waals surface area contributed by atoms with Gasteiger partial charge in [-0.25, -0.2) is 0 Å². The molecule has 0 saturated carbocycles. The maximum atomic E-state index is 2.35. The summed E-state index contributed by atoms with van der Waals surface area (Å²) >= 11 is 0. The van der Waals surface area contributed by atoms with Gasteiger partial charge in [-0.3, -0.25) is 0 Å². The van der Waals surface area contributed by atoms with Crippen LogP contribution in [0.1, 0.15) is 26.7 Å². The van der Waals surface area contributed by atoms with Gasteiger partial charge in [0.05, 0.1) is 0 Å². The molecule has 0 aliphatic heterocycles. The predicted octanol–water partition coefficient (Wildman–Crippen LogP) is 2.92. The molecule has 10 heavy (non-hydrogen) atoms. The molecule has 0 amide bonds. The van der Waals surface area contributed by atoms with Gasteiger partial charge >= 0.3 is 0 Å². The van der Waals surface area contributed by atoms with Crippen LogP contribution in [0.3, 0.4) is 0 Å². The molecule has 0 aromatic rings. The van der Waals surface area contributed by atoms with Crippen LogP contribution < -0.4 is 0 Å². The SMILES string of the molecule is CC1CC(C)C2=C1C=CC2. The summed E-state index contributed by atoms with van der Waals surface area (Å²) in [6.07, 6.45) is 7.25. The topological polar surface area (TPSA) is 0 Å². The fourth-order valence-corrected chi connectivity index (χ4v) is 2.30. The van der Waals surface area contributed by atoms with E-state index in [1.54, 1.807) is 11.1 Å². The van der Waals surface area contributed by atoms with Crippen molar-refractivity contribution in [2.24, 2.45) is 11.8 Å². The molecular formula is C10H14. The average Bonchev–Trinajstić information content (AvgIpc) is 2.39. The third-order valence-corrected chi connectivity index (χ3v) is 2.84. The van der Waals surface area contributed by atoms with Crippen molar-refractivity contribution in [1.82, 2.24) is 0 Å². The second-order valence-electron chi connectivity index (χ2n) is 3.62. The molecule has 2 aliphatic rings. The molecule has 0 spiro atoms. The molecule has 0 N–H and O–H groups in total. The lowest BCUT2D eigenvalue weighted by Gasteiger charge is -2.05. The van der Waals surface area contributed by atoms with Gasteiger partial charge in [0.25, 0.3) is 0 Å². The molecular weight excluding hydrogens is 120 g/mol. The minimum absolute atomic E-state index is 0.837. The molecule has 2 atom stereocenters. The van der Waals surface area contributed by atoms with Crippen LogP contribution in [0.5, 0.6) is 0 Å². The van der Waals surface area contributed by atoms with Gasteiger partial charge in [0, 0.05) is 0 Å². The Morgan fingerprint density at radius 1 is 1.30 bits per heavy atom. The molecule has 0 radical (unpaired) electrons. The van der Waals surface area contributed by atoms with E-state index in [0.717, 1.165) is 11.8 Å². The van der Waals surface area contributed by atoms with E-state index in [2.05, 4.69) is 26.0 Å². The van der Waals surface area contributed by atoms with E-state index < -0.39 is 0 Å². The lowest BCUT2D eigenvalue weighted by Crippen LogP contribution is -1.93. The third kappa shape index (κ3) is 0.681. The highest BCUT2D eigenvalue weighted by molar-refractivity contribution is 5.40. The molecule has 0 bridgehead atoms. The molecule has 0 nitrogen and oxygen atoms in total. The third-order valence-electron chi connectivity index (χ3n) is 2.84. The minimum atomic E-state index is 0.837. The molecule has 0 aromatic carbocycles. The zero-order valence-corrected chi connectivity index (χ0v) is 6.72. The summed E-state index contributed by atoms with van der Waals surface area (Å²) in [6.45, 7) is 4.69. The van der Waals surface area contributed by atoms with Gasteiger partial charge in [0.2, 0.25) is 0 Å². The summed E-state index contributed by atoms with van der Waals surface area (Å²) in [5.41, 5.74) is 3.36. The van der Waals surface area contributed by atoms with E-state index in [1.807, 2.05) is 0 Å². The Morgan fingerprint density at radius 3 is 2.80 bits per heavy atom. The first kappa shape index (κ1) is 6.21. The number of hydrogen-bond acceptors (Lipinski definition) is 0. The highest BCUT2D eigenvalue weighted by Crippen LogP contribution is 2.41. The summed E-state index contributed by atoms with van der Waals surface area (Å²) in [5, 5.41) is 0.